The van der Waals surface area contributed by atoms with Crippen molar-refractivity contribution in [1.82, 2.24) is 0 Å². The van der Waals surface area contributed by atoms with Crippen molar-refractivity contribution in [1.29, 1.82) is 0 Å². The van der Waals surface area contributed by atoms with Gasteiger partial charge in [0.1, 0.15) is 0 Å². The minimum absolute atomic E-state index is 0.0558. The Labute approximate surface area is 148 Å². The molecule has 0 atom stereocenters. The molecule has 0 spiro atoms. The van der Waals surface area contributed by atoms with Crippen LogP contribution in [0, 0.1) is 10.1 Å². The number of ether oxygens (including phenoxy) is 3. The van der Waals surface area contributed by atoms with Crippen LogP contribution in [0.3, 0.4) is 0 Å². The van der Waals surface area contributed by atoms with Crippen molar-refractivity contribution in [2.24, 2.45) is 4.99 Å². The molecule has 0 radical (unpaired) electrons. The monoisotopic (exact) mass is 354 g/mol. The highest BCUT2D eigenvalue weighted by atomic mass is 16.6. The molecule has 0 amide bonds. The van der Waals surface area contributed by atoms with Gasteiger partial charge in [0.25, 0.3) is 5.69 Å². The van der Waals surface area contributed by atoms with Gasteiger partial charge in [-0.2, -0.15) is 0 Å². The van der Waals surface area contributed by atoms with Crippen LogP contribution in [-0.2, 0) is 9.53 Å². The fourth-order valence-electron chi connectivity index (χ4n) is 2.36. The summed E-state index contributed by atoms with van der Waals surface area (Å²) in [5.74, 6) is 0.580. The quantitative estimate of drug-likeness (QED) is 0.354. The Morgan fingerprint density at radius 1 is 1.08 bits per heavy atom. The van der Waals surface area contributed by atoms with Crippen LogP contribution in [0.25, 0.3) is 6.08 Å². The molecule has 1 aliphatic heterocycles. The van der Waals surface area contributed by atoms with Gasteiger partial charge in [0.05, 0.1) is 19.1 Å². The number of hydrogen-bond acceptors (Lipinski definition) is 7. The second-order valence-corrected chi connectivity index (χ2v) is 5.25. The smallest absolute Gasteiger partial charge is 0.363 e. The second-order valence-electron chi connectivity index (χ2n) is 5.25. The molecule has 3 rings (SSSR count). The van der Waals surface area contributed by atoms with E-state index in [2.05, 4.69) is 4.99 Å². The lowest BCUT2D eigenvalue weighted by Crippen LogP contribution is -2.05. The Hall–Kier alpha value is -3.68. The maximum Gasteiger partial charge on any atom is 0.363 e. The number of carbonyl (C=O) groups excluding carboxylic acids is 1. The Morgan fingerprint density at radius 3 is 2.38 bits per heavy atom. The molecule has 0 aliphatic carbocycles. The number of hydrogen-bond donors (Lipinski definition) is 0. The normalized spacial score (nSPS) is 14.8. The number of aliphatic imine (C=N–C) groups is 1. The highest BCUT2D eigenvalue weighted by Gasteiger charge is 2.24. The lowest BCUT2D eigenvalue weighted by Gasteiger charge is -2.07. The zero-order valence-electron chi connectivity index (χ0n) is 14.0. The summed E-state index contributed by atoms with van der Waals surface area (Å²) >= 11 is 0. The van der Waals surface area contributed by atoms with Gasteiger partial charge in [-0.05, 0) is 35.9 Å². The van der Waals surface area contributed by atoms with Crippen molar-refractivity contribution >= 4 is 23.6 Å². The Kier molecular flexibility index (Phi) is 4.66. The molecule has 0 bridgehead atoms. The summed E-state index contributed by atoms with van der Waals surface area (Å²) in [6.45, 7) is 0. The molecule has 0 saturated carbocycles. The van der Waals surface area contributed by atoms with Crippen molar-refractivity contribution < 1.29 is 23.9 Å². The molecule has 2 aromatic rings. The first-order chi connectivity index (χ1) is 12.5. The molecule has 0 saturated heterocycles. The van der Waals surface area contributed by atoms with Gasteiger partial charge in [-0.1, -0.05) is 6.07 Å². The van der Waals surface area contributed by atoms with Crippen molar-refractivity contribution in [2.45, 2.75) is 0 Å². The summed E-state index contributed by atoms with van der Waals surface area (Å²) in [7, 11) is 3.05. The zero-order valence-corrected chi connectivity index (χ0v) is 14.0. The fourth-order valence-corrected chi connectivity index (χ4v) is 2.36. The first kappa shape index (κ1) is 17.2. The molecule has 0 aromatic heterocycles. The van der Waals surface area contributed by atoms with E-state index in [9.17, 15) is 14.9 Å². The van der Waals surface area contributed by atoms with Crippen LogP contribution in [0.2, 0.25) is 0 Å². The third kappa shape index (κ3) is 3.39. The molecule has 0 unspecified atom stereocenters. The molecule has 8 nitrogen and oxygen atoms in total. The van der Waals surface area contributed by atoms with Crippen LogP contribution < -0.4 is 9.47 Å². The SMILES string of the molecule is COc1ccc(C=C2N=C(c3ccc([N+](=O)[O-])cc3)OC2=O)cc1OC. The fraction of sp³-hybridized carbons (Fsp3) is 0.111. The number of cyclic esters (lactones) is 1. The number of carbonyl (C=O) groups is 1. The lowest BCUT2D eigenvalue weighted by molar-refractivity contribution is -0.384. The van der Waals surface area contributed by atoms with E-state index >= 15 is 0 Å². The Bertz CT molecular complexity index is 931. The molecular formula is C18H14N2O6. The summed E-state index contributed by atoms with van der Waals surface area (Å²) in [5.41, 5.74) is 1.22. The van der Waals surface area contributed by atoms with Crippen molar-refractivity contribution in [2.75, 3.05) is 14.2 Å². The van der Waals surface area contributed by atoms with Crippen LogP contribution in [0.5, 0.6) is 11.5 Å². The number of methoxy groups -OCH3 is 2. The average molecular weight is 354 g/mol. The van der Waals surface area contributed by atoms with E-state index in [1.54, 1.807) is 24.3 Å². The van der Waals surface area contributed by atoms with Crippen LogP contribution in [0.15, 0.2) is 53.2 Å². The van der Waals surface area contributed by atoms with Gasteiger partial charge in [-0.3, -0.25) is 10.1 Å². The van der Waals surface area contributed by atoms with Crippen LogP contribution in [0.4, 0.5) is 5.69 Å². The molecular weight excluding hydrogens is 340 g/mol. The minimum Gasteiger partial charge on any atom is -0.493 e. The molecule has 1 aliphatic rings. The number of rotatable bonds is 5. The average Bonchev–Trinajstić information content (AvgIpc) is 3.02. The summed E-state index contributed by atoms with van der Waals surface area (Å²) < 4.78 is 15.5. The summed E-state index contributed by atoms with van der Waals surface area (Å²) in [5, 5.41) is 10.7. The van der Waals surface area contributed by atoms with E-state index < -0.39 is 10.9 Å². The van der Waals surface area contributed by atoms with Crippen molar-refractivity contribution in [3.05, 3.63) is 69.4 Å². The standard InChI is InChI=1S/C18H14N2O6/c1-24-15-8-3-11(10-16(15)25-2)9-14-18(21)26-17(19-14)12-4-6-13(7-5-12)20(22)23/h3-10H,1-2H3. The van der Waals surface area contributed by atoms with Gasteiger partial charge in [0, 0.05) is 17.7 Å². The van der Waals surface area contributed by atoms with E-state index in [4.69, 9.17) is 14.2 Å². The van der Waals surface area contributed by atoms with E-state index in [-0.39, 0.29) is 17.3 Å². The molecule has 2 aromatic carbocycles. The number of esters is 1. The number of benzene rings is 2. The van der Waals surface area contributed by atoms with E-state index in [0.29, 0.717) is 22.6 Å². The number of nitro benzene ring substituents is 1. The maximum atomic E-state index is 12.0. The largest absolute Gasteiger partial charge is 0.493 e. The van der Waals surface area contributed by atoms with Crippen LogP contribution in [-0.4, -0.2) is 31.0 Å². The first-order valence-corrected chi connectivity index (χ1v) is 7.51. The van der Waals surface area contributed by atoms with E-state index in [0.717, 1.165) is 0 Å². The van der Waals surface area contributed by atoms with Crippen LogP contribution in [0.1, 0.15) is 11.1 Å². The van der Waals surface area contributed by atoms with E-state index in [1.807, 2.05) is 0 Å². The highest BCUT2D eigenvalue weighted by Crippen LogP contribution is 2.29. The predicted molar refractivity (Wildman–Crippen MR) is 93.2 cm³/mol. The van der Waals surface area contributed by atoms with Gasteiger partial charge in [0.2, 0.25) is 5.90 Å². The third-order valence-corrected chi connectivity index (χ3v) is 3.66. The topological polar surface area (TPSA) is 100 Å². The maximum absolute atomic E-state index is 12.0. The van der Waals surface area contributed by atoms with Gasteiger partial charge in [-0.15, -0.1) is 0 Å². The van der Waals surface area contributed by atoms with Crippen molar-refractivity contribution in [3.8, 4) is 11.5 Å². The predicted octanol–water partition coefficient (Wildman–Crippen LogP) is 2.96. The Morgan fingerprint density at radius 2 is 1.77 bits per heavy atom. The number of nitrogens with zero attached hydrogens (tertiary/aromatic N) is 2. The molecule has 8 heteroatoms. The van der Waals surface area contributed by atoms with Gasteiger partial charge in [-0.25, -0.2) is 9.79 Å². The minimum atomic E-state index is -0.604. The Balaban J connectivity index is 1.90. The summed E-state index contributed by atoms with van der Waals surface area (Å²) in [6, 6.07) is 10.8. The molecule has 1 heterocycles. The lowest BCUT2D eigenvalue weighted by atomic mass is 10.1. The van der Waals surface area contributed by atoms with Gasteiger partial charge in [0.15, 0.2) is 17.2 Å². The second kappa shape index (κ2) is 7.06. The summed E-state index contributed by atoms with van der Waals surface area (Å²) in [4.78, 5) is 26.4. The summed E-state index contributed by atoms with van der Waals surface area (Å²) in [6.07, 6.45) is 1.56. The number of non-ortho nitro benzene ring substituents is 1. The molecule has 0 fully saturated rings. The highest BCUT2D eigenvalue weighted by molar-refractivity contribution is 6.12. The molecule has 0 N–H and O–H groups in total. The number of nitro groups is 1. The first-order valence-electron chi connectivity index (χ1n) is 7.51. The molecule has 26 heavy (non-hydrogen) atoms. The van der Waals surface area contributed by atoms with E-state index in [1.165, 1.54) is 38.5 Å². The van der Waals surface area contributed by atoms with Gasteiger partial charge >= 0.3 is 5.97 Å². The van der Waals surface area contributed by atoms with Gasteiger partial charge < -0.3 is 14.2 Å². The zero-order chi connectivity index (χ0) is 18.7. The molecule has 132 valence electrons. The third-order valence-electron chi connectivity index (χ3n) is 3.66. The van der Waals surface area contributed by atoms with Crippen molar-refractivity contribution in [3.63, 3.8) is 0 Å². The van der Waals surface area contributed by atoms with Crippen LogP contribution >= 0.6 is 0 Å².